The van der Waals surface area contributed by atoms with Crippen LogP contribution in [-0.2, 0) is 0 Å². The highest BCUT2D eigenvalue weighted by Gasteiger charge is 2.28. The molecule has 1 aromatic carbocycles. The molecule has 0 saturated heterocycles. The first-order valence-corrected chi connectivity index (χ1v) is 6.79. The number of nitro groups is 1. The van der Waals surface area contributed by atoms with Gasteiger partial charge in [-0.2, -0.15) is 0 Å². The van der Waals surface area contributed by atoms with Crippen LogP contribution in [0.4, 0.5) is 5.69 Å². The Labute approximate surface area is 129 Å². The summed E-state index contributed by atoms with van der Waals surface area (Å²) < 4.78 is 0. The molecule has 1 aliphatic carbocycles. The van der Waals surface area contributed by atoms with E-state index in [4.69, 9.17) is 5.73 Å². The second-order valence-corrected chi connectivity index (χ2v) is 5.26. The summed E-state index contributed by atoms with van der Waals surface area (Å²) in [7, 11) is 0. The number of carbonyl (C=O) groups excluding carboxylic acids is 1. The number of benzene rings is 1. The van der Waals surface area contributed by atoms with E-state index in [1.165, 1.54) is 12.1 Å². The number of nitrogens with two attached hydrogens (primary N) is 1. The summed E-state index contributed by atoms with van der Waals surface area (Å²) in [6.07, 6.45) is 3.00. The summed E-state index contributed by atoms with van der Waals surface area (Å²) in [5, 5.41) is 13.7. The Balaban J connectivity index is 0.00000220. The van der Waals surface area contributed by atoms with Gasteiger partial charge < -0.3 is 11.1 Å². The van der Waals surface area contributed by atoms with Crippen molar-refractivity contribution >= 4 is 24.0 Å². The second kappa shape index (κ2) is 7.38. The number of carbonyl (C=O) groups is 1. The van der Waals surface area contributed by atoms with Crippen LogP contribution in [0, 0.1) is 23.0 Å². The standard InChI is InChI=1S/C14H19N3O3.ClH/c1-9-5-6-11(17(19)20)7-12(9)14(18)16-13-4-2-3-10(13)8-15;/h5-7,10,13H,2-4,8,15H2,1H3,(H,16,18);1H. The van der Waals surface area contributed by atoms with Crippen LogP contribution in [-0.4, -0.2) is 23.4 Å². The van der Waals surface area contributed by atoms with Crippen LogP contribution in [0.5, 0.6) is 0 Å². The molecule has 2 atom stereocenters. The lowest BCUT2D eigenvalue weighted by atomic mass is 10.0. The van der Waals surface area contributed by atoms with Crippen molar-refractivity contribution in [3.05, 3.63) is 39.4 Å². The Hall–Kier alpha value is -1.66. The van der Waals surface area contributed by atoms with Gasteiger partial charge in [-0.1, -0.05) is 12.5 Å². The molecule has 2 unspecified atom stereocenters. The maximum Gasteiger partial charge on any atom is 0.270 e. The van der Waals surface area contributed by atoms with Crippen molar-refractivity contribution in [3.8, 4) is 0 Å². The third-order valence-corrected chi connectivity index (χ3v) is 3.95. The van der Waals surface area contributed by atoms with E-state index in [1.54, 1.807) is 13.0 Å². The van der Waals surface area contributed by atoms with Gasteiger partial charge in [-0.15, -0.1) is 12.4 Å². The average Bonchev–Trinajstić information content (AvgIpc) is 2.86. The van der Waals surface area contributed by atoms with E-state index in [0.717, 1.165) is 24.8 Å². The fourth-order valence-electron chi connectivity index (χ4n) is 2.72. The highest BCUT2D eigenvalue weighted by molar-refractivity contribution is 5.96. The molecule has 0 spiro atoms. The van der Waals surface area contributed by atoms with Crippen molar-refractivity contribution in [1.29, 1.82) is 0 Å². The largest absolute Gasteiger partial charge is 0.349 e. The van der Waals surface area contributed by atoms with E-state index in [0.29, 0.717) is 18.0 Å². The van der Waals surface area contributed by atoms with Gasteiger partial charge in [0.25, 0.3) is 11.6 Å². The predicted molar refractivity (Wildman–Crippen MR) is 82.7 cm³/mol. The van der Waals surface area contributed by atoms with Gasteiger partial charge >= 0.3 is 0 Å². The van der Waals surface area contributed by atoms with Gasteiger partial charge in [0.15, 0.2) is 0 Å². The monoisotopic (exact) mass is 313 g/mol. The molecule has 0 aromatic heterocycles. The summed E-state index contributed by atoms with van der Waals surface area (Å²) in [6, 6.07) is 4.41. The maximum absolute atomic E-state index is 12.3. The van der Waals surface area contributed by atoms with Crippen molar-refractivity contribution in [1.82, 2.24) is 5.32 Å². The predicted octanol–water partition coefficient (Wildman–Crippen LogP) is 2.18. The van der Waals surface area contributed by atoms with Gasteiger partial charge in [0.05, 0.1) is 4.92 Å². The number of halogens is 1. The van der Waals surface area contributed by atoms with Crippen LogP contribution in [0.15, 0.2) is 18.2 Å². The van der Waals surface area contributed by atoms with Crippen molar-refractivity contribution in [2.24, 2.45) is 11.7 Å². The van der Waals surface area contributed by atoms with E-state index in [2.05, 4.69) is 5.32 Å². The zero-order chi connectivity index (χ0) is 14.7. The molecule has 0 heterocycles. The lowest BCUT2D eigenvalue weighted by Crippen LogP contribution is -2.40. The summed E-state index contributed by atoms with van der Waals surface area (Å²) in [4.78, 5) is 22.6. The minimum atomic E-state index is -0.492. The third kappa shape index (κ3) is 3.92. The number of rotatable bonds is 4. The van der Waals surface area contributed by atoms with E-state index < -0.39 is 4.92 Å². The first kappa shape index (κ1) is 17.4. The van der Waals surface area contributed by atoms with Crippen LogP contribution < -0.4 is 11.1 Å². The molecule has 0 radical (unpaired) electrons. The Kier molecular flexibility index (Phi) is 6.11. The minimum Gasteiger partial charge on any atom is -0.349 e. The Morgan fingerprint density at radius 3 is 2.81 bits per heavy atom. The van der Waals surface area contributed by atoms with E-state index >= 15 is 0 Å². The molecule has 0 aliphatic heterocycles. The molecule has 1 amide bonds. The minimum absolute atomic E-state index is 0. The lowest BCUT2D eigenvalue weighted by Gasteiger charge is -2.20. The van der Waals surface area contributed by atoms with Crippen LogP contribution >= 0.6 is 12.4 Å². The molecule has 2 rings (SSSR count). The molecular weight excluding hydrogens is 294 g/mol. The van der Waals surface area contributed by atoms with Gasteiger partial charge in [0.1, 0.15) is 0 Å². The molecule has 1 aromatic rings. The molecule has 7 heteroatoms. The van der Waals surface area contributed by atoms with E-state index in [9.17, 15) is 14.9 Å². The van der Waals surface area contributed by atoms with Gasteiger partial charge in [-0.05, 0) is 37.8 Å². The summed E-state index contributed by atoms with van der Waals surface area (Å²) in [5.41, 5.74) is 6.72. The number of nitrogens with one attached hydrogen (secondary N) is 1. The summed E-state index contributed by atoms with van der Waals surface area (Å²) >= 11 is 0. The number of hydrogen-bond acceptors (Lipinski definition) is 4. The number of aryl methyl sites for hydroxylation is 1. The molecule has 116 valence electrons. The Bertz CT molecular complexity index is 536. The quantitative estimate of drug-likeness (QED) is 0.657. The lowest BCUT2D eigenvalue weighted by molar-refractivity contribution is -0.384. The van der Waals surface area contributed by atoms with Crippen molar-refractivity contribution in [3.63, 3.8) is 0 Å². The highest BCUT2D eigenvalue weighted by Crippen LogP contribution is 2.25. The van der Waals surface area contributed by atoms with Crippen LogP contribution in [0.2, 0.25) is 0 Å². The Morgan fingerprint density at radius 1 is 1.48 bits per heavy atom. The molecule has 6 nitrogen and oxygen atoms in total. The number of nitrogens with zero attached hydrogens (tertiary/aromatic N) is 1. The highest BCUT2D eigenvalue weighted by atomic mass is 35.5. The molecule has 1 fully saturated rings. The summed E-state index contributed by atoms with van der Waals surface area (Å²) in [5.74, 6) is 0.0505. The number of amides is 1. The van der Waals surface area contributed by atoms with Crippen molar-refractivity contribution in [2.75, 3.05) is 6.54 Å². The van der Waals surface area contributed by atoms with Crippen molar-refractivity contribution < 1.29 is 9.72 Å². The third-order valence-electron chi connectivity index (χ3n) is 3.95. The first-order valence-electron chi connectivity index (χ1n) is 6.79. The van der Waals surface area contributed by atoms with E-state index in [1.807, 2.05) is 0 Å². The zero-order valence-corrected chi connectivity index (χ0v) is 12.7. The Morgan fingerprint density at radius 2 is 2.19 bits per heavy atom. The smallest absolute Gasteiger partial charge is 0.270 e. The van der Waals surface area contributed by atoms with Crippen LogP contribution in [0.3, 0.4) is 0 Å². The summed E-state index contributed by atoms with van der Waals surface area (Å²) in [6.45, 7) is 2.33. The SMILES string of the molecule is Cc1ccc([N+](=O)[O-])cc1C(=O)NC1CCCC1CN.Cl. The topological polar surface area (TPSA) is 98.3 Å². The van der Waals surface area contributed by atoms with Crippen LogP contribution in [0.25, 0.3) is 0 Å². The number of nitro benzene ring substituents is 1. The number of non-ortho nitro benzene ring substituents is 1. The average molecular weight is 314 g/mol. The number of hydrogen-bond donors (Lipinski definition) is 2. The molecule has 1 saturated carbocycles. The van der Waals surface area contributed by atoms with Gasteiger partial charge in [0.2, 0.25) is 0 Å². The van der Waals surface area contributed by atoms with Gasteiger partial charge in [0, 0.05) is 23.7 Å². The molecule has 21 heavy (non-hydrogen) atoms. The van der Waals surface area contributed by atoms with Crippen LogP contribution in [0.1, 0.15) is 35.2 Å². The van der Waals surface area contributed by atoms with E-state index in [-0.39, 0.29) is 30.0 Å². The second-order valence-electron chi connectivity index (χ2n) is 5.26. The van der Waals surface area contributed by atoms with Gasteiger partial charge in [-0.3, -0.25) is 14.9 Å². The zero-order valence-electron chi connectivity index (χ0n) is 11.9. The first-order chi connectivity index (χ1) is 9.52. The fourth-order valence-corrected chi connectivity index (χ4v) is 2.72. The molecule has 3 N–H and O–H groups in total. The molecule has 0 bridgehead atoms. The maximum atomic E-state index is 12.3. The molecular formula is C14H20ClN3O3. The van der Waals surface area contributed by atoms with Crippen molar-refractivity contribution in [2.45, 2.75) is 32.2 Å². The van der Waals surface area contributed by atoms with Gasteiger partial charge in [-0.25, -0.2) is 0 Å². The fraction of sp³-hybridized carbons (Fsp3) is 0.500. The molecule has 1 aliphatic rings. The normalized spacial score (nSPS) is 20.7.